The molecule has 1 heterocycles. The summed E-state index contributed by atoms with van der Waals surface area (Å²) in [5.41, 5.74) is 0. The molecule has 0 spiro atoms. The van der Waals surface area contributed by atoms with E-state index in [1.165, 1.54) is 0 Å². The third-order valence-electron chi connectivity index (χ3n) is 3.45. The van der Waals surface area contributed by atoms with Crippen LogP contribution in [0.1, 0.15) is 6.42 Å². The molecule has 0 aromatic carbocycles. The molecule has 11 nitrogen and oxygen atoms in total. The van der Waals surface area contributed by atoms with Gasteiger partial charge in [0.1, 0.15) is 24.9 Å². The van der Waals surface area contributed by atoms with Gasteiger partial charge in [-0.1, -0.05) is 0 Å². The molecule has 0 aliphatic carbocycles. The van der Waals surface area contributed by atoms with E-state index in [-0.39, 0.29) is 0 Å². The lowest BCUT2D eigenvalue weighted by Gasteiger charge is -2.51. The highest BCUT2D eigenvalue weighted by atomic mass is 32.1. The van der Waals surface area contributed by atoms with Gasteiger partial charge in [-0.2, -0.15) is 0 Å². The highest BCUT2D eigenvalue weighted by Crippen LogP contribution is 2.32. The van der Waals surface area contributed by atoms with E-state index in [4.69, 9.17) is 32.9 Å². The molecule has 12 heteroatoms. The summed E-state index contributed by atoms with van der Waals surface area (Å²) in [7, 11) is 0. The average molecular weight is 356 g/mol. The predicted molar refractivity (Wildman–Crippen MR) is 72.3 cm³/mol. The Bertz CT molecular complexity index is 451. The number of hydrogen-bond donors (Lipinski definition) is 7. The zero-order valence-corrected chi connectivity index (χ0v) is 12.5. The molecule has 0 bridgehead atoms. The van der Waals surface area contributed by atoms with Gasteiger partial charge < -0.3 is 57.6 Å². The maximum Gasteiger partial charge on any atom is 0.364 e. The van der Waals surface area contributed by atoms with E-state index in [0.29, 0.717) is 4.31 Å². The van der Waals surface area contributed by atoms with E-state index in [1.807, 2.05) is 0 Å². The second kappa shape index (κ2) is 7.72. The Morgan fingerprint density at radius 2 is 1.91 bits per heavy atom. The lowest BCUT2D eigenvalue weighted by Crippen LogP contribution is -2.67. The quantitative estimate of drug-likeness (QED) is 0.226. The van der Waals surface area contributed by atoms with Crippen LogP contribution in [0.4, 0.5) is 0 Å². The zero-order chi connectivity index (χ0) is 17.9. The number of aliphatic carboxylic acids is 1. The molecule has 0 aromatic heterocycles. The van der Waals surface area contributed by atoms with Gasteiger partial charge in [0.15, 0.2) is 0 Å². The van der Waals surface area contributed by atoms with Crippen molar-refractivity contribution in [3.05, 3.63) is 0 Å². The Morgan fingerprint density at radius 3 is 2.35 bits per heavy atom. The molecular weight excluding hydrogens is 338 g/mol. The molecule has 1 aliphatic rings. The van der Waals surface area contributed by atoms with Gasteiger partial charge in [0.05, 0.1) is 18.8 Å². The van der Waals surface area contributed by atoms with Gasteiger partial charge in [0.25, 0.3) is 5.79 Å². The summed E-state index contributed by atoms with van der Waals surface area (Å²) in [6.07, 6.45) is -8.27. The highest BCUT2D eigenvalue weighted by Gasteiger charge is 2.54. The van der Waals surface area contributed by atoms with Crippen LogP contribution in [0.15, 0.2) is 0 Å². The smallest absolute Gasteiger partial charge is 0.364 e. The molecule has 1 unspecified atom stereocenters. The van der Waals surface area contributed by atoms with Crippen molar-refractivity contribution in [2.24, 2.45) is 0 Å². The van der Waals surface area contributed by atoms with Crippen LogP contribution in [-0.2, 0) is 27.1 Å². The number of ether oxygens (including phenoxy) is 1. The van der Waals surface area contributed by atoms with E-state index >= 15 is 0 Å². The van der Waals surface area contributed by atoms with E-state index in [0.717, 1.165) is 0 Å². The molecule has 1 saturated heterocycles. The third kappa shape index (κ3) is 4.10. The Labute approximate surface area is 135 Å². The van der Waals surface area contributed by atoms with Gasteiger partial charge in [-0.3, -0.25) is 4.79 Å². The number of amides is 1. The van der Waals surface area contributed by atoms with Crippen molar-refractivity contribution in [1.82, 2.24) is 4.31 Å². The average Bonchev–Trinajstić information content (AvgIpc) is 2.51. The molecule has 7 N–H and O–H groups in total. The number of hydrogen-bond acceptors (Lipinski definition) is 10. The lowest BCUT2D eigenvalue weighted by molar-refractivity contribution is -0.299. The minimum Gasteiger partial charge on any atom is -0.664 e. The topological polar surface area (TPSA) is 188 Å². The van der Waals surface area contributed by atoms with Crippen LogP contribution in [0.25, 0.3) is 0 Å². The Kier molecular flexibility index (Phi) is 6.73. The molecule has 0 saturated carbocycles. The first kappa shape index (κ1) is 20.1. The normalized spacial score (nSPS) is 33.8. The van der Waals surface area contributed by atoms with Crippen molar-refractivity contribution in [3.63, 3.8) is 0 Å². The van der Waals surface area contributed by atoms with Crippen LogP contribution in [0, 0.1) is 0 Å². The fourth-order valence-corrected chi connectivity index (χ4v) is 2.55. The Balaban J connectivity index is 3.19. The van der Waals surface area contributed by atoms with Crippen molar-refractivity contribution in [2.75, 3.05) is 13.2 Å². The molecule has 1 rings (SSSR count). The van der Waals surface area contributed by atoms with Gasteiger partial charge in [0, 0.05) is 6.42 Å². The van der Waals surface area contributed by atoms with Gasteiger partial charge in [-0.25, -0.2) is 4.79 Å². The maximum absolute atomic E-state index is 11.5. The van der Waals surface area contributed by atoms with Crippen molar-refractivity contribution < 1.29 is 50.1 Å². The number of nitrogens with zero attached hydrogens (tertiary/aromatic N) is 1. The molecular formula is C11H18NO10S-. The van der Waals surface area contributed by atoms with Gasteiger partial charge in [0.2, 0.25) is 5.91 Å². The van der Waals surface area contributed by atoms with Crippen LogP contribution in [0.5, 0.6) is 0 Å². The van der Waals surface area contributed by atoms with Gasteiger partial charge in [-0.05, 0) is 0 Å². The first-order valence-corrected chi connectivity index (χ1v) is 6.84. The summed E-state index contributed by atoms with van der Waals surface area (Å²) in [6.45, 7) is -1.97. The van der Waals surface area contributed by atoms with E-state index in [2.05, 4.69) is 0 Å². The third-order valence-corrected chi connectivity index (χ3v) is 3.90. The van der Waals surface area contributed by atoms with Crippen LogP contribution in [0.3, 0.4) is 0 Å². The Morgan fingerprint density at radius 1 is 1.35 bits per heavy atom. The molecule has 0 aromatic rings. The van der Waals surface area contributed by atoms with Crippen LogP contribution < -0.4 is 0 Å². The number of aliphatic hydroxyl groups is 6. The van der Waals surface area contributed by atoms with Crippen LogP contribution >= 0.6 is 0 Å². The highest BCUT2D eigenvalue weighted by molar-refractivity contribution is 7.56. The fraction of sp³-hybridized carbons (Fsp3) is 0.818. The number of aliphatic hydroxyl groups excluding tert-OH is 5. The molecule has 1 fully saturated rings. The summed E-state index contributed by atoms with van der Waals surface area (Å²) >= 11 is 4.72. The summed E-state index contributed by atoms with van der Waals surface area (Å²) in [6, 6.07) is -1.56. The summed E-state index contributed by atoms with van der Waals surface area (Å²) in [5.74, 6) is -5.81. The predicted octanol–water partition coefficient (Wildman–Crippen LogP) is -4.73. The Hall–Kier alpha value is -0.990. The first-order valence-electron chi connectivity index (χ1n) is 6.47. The second-order valence-corrected chi connectivity index (χ2v) is 5.45. The largest absolute Gasteiger partial charge is 0.664 e. The maximum atomic E-state index is 11.5. The summed E-state index contributed by atoms with van der Waals surface area (Å²) in [4.78, 5) is 22.6. The van der Waals surface area contributed by atoms with E-state index < -0.39 is 67.8 Å². The number of carboxylic acid groups (broad SMARTS) is 1. The minimum atomic E-state index is -2.89. The number of carboxylic acids is 1. The van der Waals surface area contributed by atoms with E-state index in [1.54, 1.807) is 0 Å². The second-order valence-electron chi connectivity index (χ2n) is 5.05. The molecule has 1 aliphatic heterocycles. The molecule has 0 radical (unpaired) electrons. The van der Waals surface area contributed by atoms with Gasteiger partial charge >= 0.3 is 5.97 Å². The van der Waals surface area contributed by atoms with Crippen molar-refractivity contribution in [2.45, 2.75) is 42.7 Å². The lowest BCUT2D eigenvalue weighted by atomic mass is 9.88. The minimum absolute atomic E-state index is 0.393. The van der Waals surface area contributed by atoms with Crippen molar-refractivity contribution in [3.8, 4) is 0 Å². The van der Waals surface area contributed by atoms with Crippen molar-refractivity contribution in [1.29, 1.82) is 0 Å². The molecule has 1 amide bonds. The monoisotopic (exact) mass is 356 g/mol. The fourth-order valence-electron chi connectivity index (χ4n) is 2.23. The van der Waals surface area contributed by atoms with Crippen LogP contribution in [0.2, 0.25) is 0 Å². The first-order chi connectivity index (χ1) is 10.6. The zero-order valence-electron chi connectivity index (χ0n) is 11.7. The summed E-state index contributed by atoms with van der Waals surface area (Å²) in [5, 5.41) is 66.0. The number of carbonyl (C=O) groups is 2. The SMILES string of the molecule is O=C(CO)N([S-])[C@H]1[C@H]([C@H](O)[C@H](O)CO)OC(O)(C(=O)O)C[C@@H]1O. The molecule has 23 heavy (non-hydrogen) atoms. The van der Waals surface area contributed by atoms with Gasteiger partial charge in [-0.15, -0.1) is 0 Å². The molecule has 134 valence electrons. The number of carbonyl (C=O) groups excluding carboxylic acids is 1. The molecule has 6 atom stereocenters. The standard InChI is InChI=1S/C11H18NO10S/c13-2-5(16)8(18)9-7(12(23)6(17)3-14)4(15)1-11(21,22-9)10(19)20/h4-5,7-9,13-16,18,21H,1-3H2,(H,19,20)/q-1/t4-,5+,7+,8+,9+,11?/m0/s1. The van der Waals surface area contributed by atoms with Crippen LogP contribution in [-0.4, -0.2) is 101 Å². The number of rotatable bonds is 6. The van der Waals surface area contributed by atoms with E-state index in [9.17, 15) is 30.0 Å². The summed E-state index contributed by atoms with van der Waals surface area (Å²) < 4.78 is 5.24. The van der Waals surface area contributed by atoms with Crippen molar-refractivity contribution >= 4 is 24.7 Å².